The maximum absolute atomic E-state index is 9.72. The van der Waals surface area contributed by atoms with Crippen molar-refractivity contribution in [1.82, 2.24) is 9.13 Å². The maximum Gasteiger partial charge on any atom is 0.0991 e. The number of anilines is 6. The Morgan fingerprint density at radius 1 is 0.444 bits per heavy atom. The molecular formula is C57H40N6. The van der Waals surface area contributed by atoms with E-state index in [-0.39, 0.29) is 0 Å². The SMILES string of the molecule is CC1C=Cc2c(n(-c3ccccc3)c3ccc(N(c4ccc(C#N)cc4)c4ccc(N(c5ccc(C#N)cc5)c5ccc6c(c5)c5ccccc5n6-c5ccccc5)cc4)cc23)C1. The Hall–Kier alpha value is -8.58. The number of hydrogen-bond donors (Lipinski definition) is 0. The van der Waals surface area contributed by atoms with E-state index in [9.17, 15) is 10.5 Å². The largest absolute Gasteiger partial charge is 0.313 e. The van der Waals surface area contributed by atoms with Gasteiger partial charge in [-0.3, -0.25) is 0 Å². The summed E-state index contributed by atoms with van der Waals surface area (Å²) in [5.74, 6) is 0.442. The molecule has 1 unspecified atom stereocenters. The molecule has 0 amide bonds. The summed E-state index contributed by atoms with van der Waals surface area (Å²) in [5, 5.41) is 22.9. The molecule has 63 heavy (non-hydrogen) atoms. The number of fused-ring (bicyclic) bond motifs is 6. The van der Waals surface area contributed by atoms with Gasteiger partial charge in [0.2, 0.25) is 0 Å². The second-order valence-corrected chi connectivity index (χ2v) is 16.2. The van der Waals surface area contributed by atoms with Crippen LogP contribution in [0.15, 0.2) is 200 Å². The zero-order valence-electron chi connectivity index (χ0n) is 34.6. The van der Waals surface area contributed by atoms with E-state index < -0.39 is 0 Å². The Morgan fingerprint density at radius 2 is 0.873 bits per heavy atom. The van der Waals surface area contributed by atoms with Gasteiger partial charge in [0, 0.05) is 72.9 Å². The second-order valence-electron chi connectivity index (χ2n) is 16.2. The normalized spacial score (nSPS) is 13.2. The fourth-order valence-electron chi connectivity index (χ4n) is 9.36. The van der Waals surface area contributed by atoms with Crippen LogP contribution in [0, 0.1) is 28.6 Å². The van der Waals surface area contributed by atoms with Crippen molar-refractivity contribution in [1.29, 1.82) is 10.5 Å². The third-order valence-corrected chi connectivity index (χ3v) is 12.3. The lowest BCUT2D eigenvalue weighted by Crippen LogP contribution is -2.12. The molecule has 0 N–H and O–H groups in total. The van der Waals surface area contributed by atoms with E-state index in [1.807, 2.05) is 54.6 Å². The third kappa shape index (κ3) is 6.50. The summed E-state index contributed by atoms with van der Waals surface area (Å²) >= 11 is 0. The van der Waals surface area contributed by atoms with Crippen LogP contribution in [-0.2, 0) is 6.42 Å². The van der Waals surface area contributed by atoms with Gasteiger partial charge in [0.15, 0.2) is 0 Å². The number of rotatable bonds is 8. The highest BCUT2D eigenvalue weighted by Crippen LogP contribution is 2.44. The summed E-state index contributed by atoms with van der Waals surface area (Å²) in [7, 11) is 0. The molecule has 6 nitrogen and oxygen atoms in total. The van der Waals surface area contributed by atoms with Crippen molar-refractivity contribution in [2.24, 2.45) is 5.92 Å². The van der Waals surface area contributed by atoms with E-state index >= 15 is 0 Å². The molecule has 10 aromatic rings. The first kappa shape index (κ1) is 37.4. The predicted octanol–water partition coefficient (Wildman–Crippen LogP) is 14.6. The summed E-state index contributed by atoms with van der Waals surface area (Å²) in [6, 6.07) is 72.0. The molecule has 2 heterocycles. The van der Waals surface area contributed by atoms with Gasteiger partial charge in [-0.25, -0.2) is 0 Å². The molecule has 8 aromatic carbocycles. The molecule has 0 saturated heterocycles. The average molecular weight is 809 g/mol. The molecule has 1 atom stereocenters. The molecule has 0 saturated carbocycles. The van der Waals surface area contributed by atoms with E-state index in [1.165, 1.54) is 27.5 Å². The first-order valence-corrected chi connectivity index (χ1v) is 21.3. The Balaban J connectivity index is 1.05. The van der Waals surface area contributed by atoms with E-state index in [0.717, 1.165) is 68.3 Å². The first-order valence-electron chi connectivity index (χ1n) is 21.3. The van der Waals surface area contributed by atoms with Crippen LogP contribution in [0.3, 0.4) is 0 Å². The Morgan fingerprint density at radius 3 is 1.41 bits per heavy atom. The van der Waals surface area contributed by atoms with Crippen LogP contribution in [0.4, 0.5) is 34.1 Å². The zero-order valence-corrected chi connectivity index (χ0v) is 34.6. The van der Waals surface area contributed by atoms with Crippen LogP contribution in [0.2, 0.25) is 0 Å². The van der Waals surface area contributed by atoms with Crippen LogP contribution in [0.1, 0.15) is 29.3 Å². The summed E-state index contributed by atoms with van der Waals surface area (Å²) < 4.78 is 4.75. The lowest BCUT2D eigenvalue weighted by molar-refractivity contribution is 0.690. The minimum atomic E-state index is 0.442. The predicted molar refractivity (Wildman–Crippen MR) is 258 cm³/mol. The Bertz CT molecular complexity index is 3440. The topological polar surface area (TPSA) is 63.9 Å². The molecule has 1 aliphatic carbocycles. The molecule has 0 fully saturated rings. The minimum Gasteiger partial charge on any atom is -0.313 e. The summed E-state index contributed by atoms with van der Waals surface area (Å²) in [5.41, 5.74) is 15.4. The number of nitriles is 2. The summed E-state index contributed by atoms with van der Waals surface area (Å²) in [6.45, 7) is 2.28. The van der Waals surface area contributed by atoms with E-state index in [4.69, 9.17) is 0 Å². The third-order valence-electron chi connectivity index (χ3n) is 12.3. The number of para-hydroxylation sites is 3. The van der Waals surface area contributed by atoms with Gasteiger partial charge in [0.1, 0.15) is 0 Å². The fraction of sp³-hybridized carbons (Fsp3) is 0.0526. The highest BCUT2D eigenvalue weighted by atomic mass is 15.2. The van der Waals surface area contributed by atoms with Crippen molar-refractivity contribution in [3.05, 3.63) is 223 Å². The molecule has 2 aromatic heterocycles. The second kappa shape index (κ2) is 15.5. The van der Waals surface area contributed by atoms with Crippen LogP contribution in [0.5, 0.6) is 0 Å². The fourth-order valence-corrected chi connectivity index (χ4v) is 9.36. The molecular weight excluding hydrogens is 769 g/mol. The van der Waals surface area contributed by atoms with Gasteiger partial charge in [-0.05, 0) is 152 Å². The van der Waals surface area contributed by atoms with Gasteiger partial charge in [-0.1, -0.05) is 73.7 Å². The van der Waals surface area contributed by atoms with Gasteiger partial charge < -0.3 is 18.9 Å². The van der Waals surface area contributed by atoms with Crippen LogP contribution in [0.25, 0.3) is 50.2 Å². The van der Waals surface area contributed by atoms with Gasteiger partial charge in [-0.2, -0.15) is 10.5 Å². The summed E-state index contributed by atoms with van der Waals surface area (Å²) in [4.78, 5) is 4.52. The first-order chi connectivity index (χ1) is 31.1. The van der Waals surface area contributed by atoms with E-state index in [1.54, 1.807) is 0 Å². The molecule has 0 spiro atoms. The number of nitrogens with zero attached hydrogens (tertiary/aromatic N) is 6. The molecule has 11 rings (SSSR count). The smallest absolute Gasteiger partial charge is 0.0991 e. The molecule has 0 radical (unpaired) electrons. The van der Waals surface area contributed by atoms with E-state index in [2.05, 4.69) is 190 Å². The van der Waals surface area contributed by atoms with Gasteiger partial charge >= 0.3 is 0 Å². The van der Waals surface area contributed by atoms with E-state index in [0.29, 0.717) is 17.0 Å². The monoisotopic (exact) mass is 808 g/mol. The minimum absolute atomic E-state index is 0.442. The Labute approximate surface area is 366 Å². The molecule has 0 bridgehead atoms. The number of benzene rings is 8. The lowest BCUT2D eigenvalue weighted by atomic mass is 9.94. The molecule has 1 aliphatic rings. The van der Waals surface area contributed by atoms with Crippen molar-refractivity contribution < 1.29 is 0 Å². The molecule has 0 aliphatic heterocycles. The zero-order chi connectivity index (χ0) is 42.4. The van der Waals surface area contributed by atoms with Crippen molar-refractivity contribution in [3.63, 3.8) is 0 Å². The highest BCUT2D eigenvalue weighted by Gasteiger charge is 2.24. The molecule has 6 heteroatoms. The highest BCUT2D eigenvalue weighted by molar-refractivity contribution is 6.10. The van der Waals surface area contributed by atoms with Gasteiger partial charge in [0.05, 0.1) is 39.8 Å². The molecule has 298 valence electrons. The average Bonchev–Trinajstić information content (AvgIpc) is 3.85. The standard InChI is InChI=1S/C57H40N6/c1-39-16-31-51-53-36-49(30-33-56(53)63(57(51)34-39)43-12-6-3-7-13-43)61(45-23-19-41(38-59)20-24-45)47-27-25-46(26-28-47)60(44-21-17-40(37-58)18-22-44)48-29-32-55-52(35-48)50-14-8-9-15-54(50)62(55)42-10-4-2-5-11-42/h2-33,35-36,39H,34H2,1H3. The quantitative estimate of drug-likeness (QED) is 0.153. The van der Waals surface area contributed by atoms with Crippen LogP contribution >= 0.6 is 0 Å². The maximum atomic E-state index is 9.72. The Kier molecular flexibility index (Phi) is 9.19. The van der Waals surface area contributed by atoms with Crippen molar-refractivity contribution >= 4 is 72.9 Å². The van der Waals surface area contributed by atoms with Gasteiger partial charge in [0.25, 0.3) is 0 Å². The van der Waals surface area contributed by atoms with Gasteiger partial charge in [-0.15, -0.1) is 0 Å². The summed E-state index contributed by atoms with van der Waals surface area (Å²) in [6.07, 6.45) is 5.58. The number of aromatic nitrogens is 2. The van der Waals surface area contributed by atoms with Crippen molar-refractivity contribution in [2.75, 3.05) is 9.80 Å². The van der Waals surface area contributed by atoms with Crippen molar-refractivity contribution in [3.8, 4) is 23.5 Å². The van der Waals surface area contributed by atoms with Crippen LogP contribution in [-0.4, -0.2) is 9.13 Å². The lowest BCUT2D eigenvalue weighted by Gasteiger charge is -2.28. The number of allylic oxidation sites excluding steroid dienone is 1. The van der Waals surface area contributed by atoms with Crippen molar-refractivity contribution in [2.45, 2.75) is 13.3 Å². The van der Waals surface area contributed by atoms with Crippen LogP contribution < -0.4 is 9.80 Å². The number of hydrogen-bond acceptors (Lipinski definition) is 4.